The van der Waals surface area contributed by atoms with Gasteiger partial charge in [0.05, 0.1) is 5.60 Å². The fraction of sp³-hybridized carbons (Fsp3) is 0.333. The van der Waals surface area contributed by atoms with Crippen LogP contribution in [0.2, 0.25) is 0 Å². The number of alkyl halides is 3. The van der Waals surface area contributed by atoms with Crippen LogP contribution >= 0.6 is 0 Å². The van der Waals surface area contributed by atoms with Crippen molar-refractivity contribution in [2.24, 2.45) is 0 Å². The molecule has 0 saturated heterocycles. The van der Waals surface area contributed by atoms with Gasteiger partial charge in [0.2, 0.25) is 0 Å². The molecule has 1 heterocycles. The second-order valence-electron chi connectivity index (χ2n) is 9.06. The van der Waals surface area contributed by atoms with Gasteiger partial charge in [0.15, 0.2) is 0 Å². The molecule has 6 nitrogen and oxygen atoms in total. The highest BCUT2D eigenvalue weighted by Gasteiger charge is 2.30. The number of aromatic nitrogens is 2. The molecule has 2 aromatic carbocycles. The van der Waals surface area contributed by atoms with Gasteiger partial charge < -0.3 is 14.7 Å². The van der Waals surface area contributed by atoms with Gasteiger partial charge in [-0.3, -0.25) is 14.3 Å². The summed E-state index contributed by atoms with van der Waals surface area (Å²) in [6.07, 6.45) is 4.16. The van der Waals surface area contributed by atoms with Gasteiger partial charge in [-0.1, -0.05) is 56.4 Å². The Labute approximate surface area is 228 Å². The third-order valence-electron chi connectivity index (χ3n) is 5.00. The summed E-state index contributed by atoms with van der Waals surface area (Å²) in [6, 6.07) is 11.5. The molecular weight excluding hydrogens is 507 g/mol. The minimum Gasteiger partial charge on any atom is -0.406 e. The lowest BCUT2D eigenvalue weighted by atomic mass is 10.1. The summed E-state index contributed by atoms with van der Waals surface area (Å²) in [5.41, 5.74) is 3.05. The Balaban J connectivity index is 0.000000454. The highest BCUT2D eigenvalue weighted by Crippen LogP contribution is 2.25. The highest BCUT2D eigenvalue weighted by molar-refractivity contribution is 5.70. The standard InChI is InChI=1S/C20H25N3O2.C8H7F3O.C2H6/c1-6-7-8-16-13-17(23-12-11-21-15(2)19(23)24)9-10-18(16)22(5)14-20(3,4)25;1-6-2-4-7(5-3-6)12-8(9,10)11;1-2/h6-13,25H,1,14H2,2-5H3;2-5H,1H3;1-2H3/b8-7-;;. The first-order valence-electron chi connectivity index (χ1n) is 12.4. The number of halogens is 3. The summed E-state index contributed by atoms with van der Waals surface area (Å²) in [5.74, 6) is -0.187. The predicted molar refractivity (Wildman–Crippen MR) is 153 cm³/mol. The molecule has 3 aromatic rings. The van der Waals surface area contributed by atoms with Gasteiger partial charge in [0, 0.05) is 37.4 Å². The zero-order valence-corrected chi connectivity index (χ0v) is 23.6. The molecule has 0 spiro atoms. The lowest BCUT2D eigenvalue weighted by Crippen LogP contribution is -2.36. The molecule has 0 radical (unpaired) electrons. The van der Waals surface area contributed by atoms with Crippen molar-refractivity contribution in [2.75, 3.05) is 18.5 Å². The Morgan fingerprint density at radius 2 is 1.72 bits per heavy atom. The first kappa shape index (κ1) is 33.2. The average Bonchev–Trinajstić information content (AvgIpc) is 2.85. The average molecular weight is 546 g/mol. The minimum atomic E-state index is -4.60. The Bertz CT molecular complexity index is 1280. The van der Waals surface area contributed by atoms with E-state index < -0.39 is 12.0 Å². The number of ether oxygens (including phenoxy) is 1. The van der Waals surface area contributed by atoms with Crippen molar-refractivity contribution < 1.29 is 23.0 Å². The van der Waals surface area contributed by atoms with Gasteiger partial charge in [-0.2, -0.15) is 0 Å². The van der Waals surface area contributed by atoms with Crippen LogP contribution in [0.5, 0.6) is 5.75 Å². The first-order chi connectivity index (χ1) is 18.2. The van der Waals surface area contributed by atoms with Crippen molar-refractivity contribution in [1.29, 1.82) is 0 Å². The molecule has 0 aliphatic heterocycles. The molecule has 0 unspecified atom stereocenters. The number of allylic oxidation sites excluding steroid dienone is 2. The number of rotatable bonds is 7. The maximum Gasteiger partial charge on any atom is 0.573 e. The van der Waals surface area contributed by atoms with Crippen LogP contribution in [-0.4, -0.2) is 40.2 Å². The van der Waals surface area contributed by atoms with Crippen LogP contribution in [0, 0.1) is 13.8 Å². The van der Waals surface area contributed by atoms with Crippen molar-refractivity contribution in [3.63, 3.8) is 0 Å². The van der Waals surface area contributed by atoms with E-state index in [0.717, 1.165) is 22.5 Å². The number of nitrogens with zero attached hydrogens (tertiary/aromatic N) is 3. The van der Waals surface area contributed by atoms with E-state index >= 15 is 0 Å². The van der Waals surface area contributed by atoms with Crippen molar-refractivity contribution in [2.45, 2.75) is 53.5 Å². The molecule has 0 atom stereocenters. The maximum absolute atomic E-state index is 12.3. The van der Waals surface area contributed by atoms with E-state index in [1.165, 1.54) is 12.1 Å². The Morgan fingerprint density at radius 3 is 2.26 bits per heavy atom. The van der Waals surface area contributed by atoms with Crippen molar-refractivity contribution in [3.05, 3.63) is 101 Å². The molecule has 0 bridgehead atoms. The normalized spacial score (nSPS) is 11.2. The molecule has 39 heavy (non-hydrogen) atoms. The van der Waals surface area contributed by atoms with E-state index in [4.69, 9.17) is 0 Å². The molecular formula is C30H38F3N3O3. The number of hydrogen-bond acceptors (Lipinski definition) is 5. The van der Waals surface area contributed by atoms with E-state index in [0.29, 0.717) is 12.2 Å². The monoisotopic (exact) mass is 545 g/mol. The first-order valence-corrected chi connectivity index (χ1v) is 12.4. The van der Waals surface area contributed by atoms with Crippen LogP contribution in [-0.2, 0) is 0 Å². The zero-order valence-electron chi connectivity index (χ0n) is 23.6. The van der Waals surface area contributed by atoms with Crippen LogP contribution in [0.4, 0.5) is 18.9 Å². The summed E-state index contributed by atoms with van der Waals surface area (Å²) in [4.78, 5) is 18.3. The van der Waals surface area contributed by atoms with Crippen LogP contribution < -0.4 is 15.2 Å². The summed E-state index contributed by atoms with van der Waals surface area (Å²) >= 11 is 0. The molecule has 0 saturated carbocycles. The highest BCUT2D eigenvalue weighted by atomic mass is 19.4. The molecule has 212 valence electrons. The number of anilines is 1. The molecule has 0 aliphatic rings. The number of aliphatic hydroxyl groups is 1. The van der Waals surface area contributed by atoms with E-state index in [1.807, 2.05) is 56.1 Å². The Hall–Kier alpha value is -3.85. The molecule has 0 aliphatic carbocycles. The second kappa shape index (κ2) is 14.9. The summed E-state index contributed by atoms with van der Waals surface area (Å²) in [7, 11) is 1.93. The van der Waals surface area contributed by atoms with Crippen LogP contribution in [0.25, 0.3) is 11.8 Å². The summed E-state index contributed by atoms with van der Waals surface area (Å²) in [6.45, 7) is 15.2. The number of benzene rings is 2. The second-order valence-corrected chi connectivity index (χ2v) is 9.06. The fourth-order valence-electron chi connectivity index (χ4n) is 3.46. The summed E-state index contributed by atoms with van der Waals surface area (Å²) in [5, 5.41) is 10.1. The number of hydrogen-bond donors (Lipinski definition) is 1. The molecule has 1 aromatic heterocycles. The van der Waals surface area contributed by atoms with Gasteiger partial charge in [0.1, 0.15) is 11.4 Å². The zero-order chi connectivity index (χ0) is 29.8. The van der Waals surface area contributed by atoms with E-state index in [2.05, 4.69) is 16.3 Å². The smallest absolute Gasteiger partial charge is 0.406 e. The Morgan fingerprint density at radius 1 is 1.10 bits per heavy atom. The van der Waals surface area contributed by atoms with Gasteiger partial charge in [-0.15, -0.1) is 13.2 Å². The van der Waals surface area contributed by atoms with Crippen molar-refractivity contribution in [3.8, 4) is 11.4 Å². The minimum absolute atomic E-state index is 0.140. The number of likely N-dealkylation sites (N-methyl/N-ethyl adjacent to an activating group) is 1. The van der Waals surface area contributed by atoms with Crippen LogP contribution in [0.3, 0.4) is 0 Å². The SMILES string of the molecule is C=C/C=C\c1cc(-n2ccnc(C)c2=O)ccc1N(C)CC(C)(C)O.CC.Cc1ccc(OC(F)(F)F)cc1. The number of aryl methyl sites for hydroxylation is 2. The largest absolute Gasteiger partial charge is 0.573 e. The third kappa shape index (κ3) is 11.6. The van der Waals surface area contributed by atoms with Gasteiger partial charge in [-0.05, 0) is 63.6 Å². The van der Waals surface area contributed by atoms with E-state index in [9.17, 15) is 23.1 Å². The molecule has 9 heteroatoms. The Kier molecular flexibility index (Phi) is 12.7. The lowest BCUT2D eigenvalue weighted by Gasteiger charge is -2.28. The maximum atomic E-state index is 12.3. The van der Waals surface area contributed by atoms with Gasteiger partial charge in [-0.25, -0.2) is 0 Å². The molecule has 0 amide bonds. The van der Waals surface area contributed by atoms with Gasteiger partial charge >= 0.3 is 6.36 Å². The third-order valence-corrected chi connectivity index (χ3v) is 5.00. The van der Waals surface area contributed by atoms with Crippen LogP contribution in [0.15, 0.2) is 78.4 Å². The summed E-state index contributed by atoms with van der Waals surface area (Å²) < 4.78 is 40.1. The molecule has 0 fully saturated rings. The predicted octanol–water partition coefficient (Wildman–Crippen LogP) is 6.87. The van der Waals surface area contributed by atoms with Crippen molar-refractivity contribution in [1.82, 2.24) is 9.55 Å². The van der Waals surface area contributed by atoms with E-state index in [-0.39, 0.29) is 11.3 Å². The van der Waals surface area contributed by atoms with Gasteiger partial charge in [0.25, 0.3) is 5.56 Å². The van der Waals surface area contributed by atoms with E-state index in [1.54, 1.807) is 62.9 Å². The van der Waals surface area contributed by atoms with Crippen molar-refractivity contribution >= 4 is 11.8 Å². The molecule has 1 N–H and O–H groups in total. The molecule has 3 rings (SSSR count). The quantitative estimate of drug-likeness (QED) is 0.328. The van der Waals surface area contributed by atoms with Crippen LogP contribution in [0.1, 0.15) is 44.5 Å². The fourth-order valence-corrected chi connectivity index (χ4v) is 3.46. The lowest BCUT2D eigenvalue weighted by molar-refractivity contribution is -0.274. The topological polar surface area (TPSA) is 67.6 Å².